The van der Waals surface area contributed by atoms with Gasteiger partial charge in [0, 0.05) is 22.0 Å². The first-order valence-corrected chi connectivity index (χ1v) is 8.98. The van der Waals surface area contributed by atoms with E-state index in [9.17, 15) is 21.6 Å². The highest BCUT2D eigenvalue weighted by Gasteiger charge is 2.38. The number of aromatic nitrogens is 2. The van der Waals surface area contributed by atoms with Crippen molar-refractivity contribution < 1.29 is 31.5 Å². The van der Waals surface area contributed by atoms with E-state index < -0.39 is 22.2 Å². The van der Waals surface area contributed by atoms with Crippen LogP contribution in [0.2, 0.25) is 5.02 Å². The molecule has 0 aliphatic rings. The first-order chi connectivity index (χ1) is 11.9. The highest BCUT2D eigenvalue weighted by atomic mass is 35.5. The van der Waals surface area contributed by atoms with Gasteiger partial charge in [0.1, 0.15) is 0 Å². The number of carboxylic acid groups (broad SMARTS) is 1. The van der Waals surface area contributed by atoms with E-state index in [1.165, 1.54) is 4.68 Å². The van der Waals surface area contributed by atoms with Crippen molar-refractivity contribution >= 4 is 49.4 Å². The van der Waals surface area contributed by atoms with Crippen LogP contribution in [0.3, 0.4) is 0 Å². The number of halogens is 4. The summed E-state index contributed by atoms with van der Waals surface area (Å²) in [6, 6.07) is 7.19. The number of carbonyl (C=O) groups is 1. The minimum Gasteiger partial charge on any atom is -0.475 e. The molecule has 12 heteroatoms. The van der Waals surface area contributed by atoms with E-state index in [1.807, 2.05) is 12.1 Å². The molecule has 0 amide bonds. The number of nitrogens with one attached hydrogen (secondary N) is 1. The van der Waals surface area contributed by atoms with Gasteiger partial charge in [-0.3, -0.25) is 4.98 Å². The zero-order valence-electron chi connectivity index (χ0n) is 13.0. The summed E-state index contributed by atoms with van der Waals surface area (Å²) >= 11 is 5.98. The summed E-state index contributed by atoms with van der Waals surface area (Å²) in [7, 11) is -3.40. The number of carboxylic acids is 1. The smallest absolute Gasteiger partial charge is 0.475 e. The fourth-order valence-corrected chi connectivity index (χ4v) is 2.80. The van der Waals surface area contributed by atoms with E-state index in [-0.39, 0.29) is 0 Å². The third kappa shape index (κ3) is 4.55. The topological polar surface area (TPSA) is 101 Å². The van der Waals surface area contributed by atoms with Crippen LogP contribution in [0.15, 0.2) is 36.7 Å². The lowest BCUT2D eigenvalue weighted by Crippen LogP contribution is -2.21. The van der Waals surface area contributed by atoms with Gasteiger partial charge in [-0.1, -0.05) is 17.7 Å². The van der Waals surface area contributed by atoms with Crippen molar-refractivity contribution in [3.05, 3.63) is 41.7 Å². The number of aliphatic carboxylic acids is 1. The van der Waals surface area contributed by atoms with E-state index in [1.54, 1.807) is 24.5 Å². The molecule has 140 valence electrons. The normalized spacial score (nSPS) is 11.9. The summed E-state index contributed by atoms with van der Waals surface area (Å²) in [6.45, 7) is 0. The van der Waals surface area contributed by atoms with Gasteiger partial charge in [-0.05, 0) is 18.2 Å². The minimum atomic E-state index is -5.08. The average molecular weight is 410 g/mol. The molecule has 3 aromatic rings. The Morgan fingerprint density at radius 3 is 2.35 bits per heavy atom. The summed E-state index contributed by atoms with van der Waals surface area (Å²) in [4.78, 5) is 15.4. The molecule has 7 nitrogen and oxygen atoms in total. The average Bonchev–Trinajstić information content (AvgIpc) is 2.79. The summed E-state index contributed by atoms with van der Waals surface area (Å²) in [5.74, 6) is -2.76. The molecule has 0 radical (unpaired) electrons. The Balaban J connectivity index is 0.000000298. The quantitative estimate of drug-likeness (QED) is 0.677. The predicted molar refractivity (Wildman–Crippen MR) is 90.1 cm³/mol. The molecule has 0 aliphatic carbocycles. The van der Waals surface area contributed by atoms with Crippen LogP contribution < -0.4 is 4.83 Å². The Morgan fingerprint density at radius 2 is 1.81 bits per heavy atom. The summed E-state index contributed by atoms with van der Waals surface area (Å²) < 4.78 is 56.2. The lowest BCUT2D eigenvalue weighted by Gasteiger charge is -2.08. The molecule has 0 spiro atoms. The van der Waals surface area contributed by atoms with E-state index in [2.05, 4.69) is 9.82 Å². The van der Waals surface area contributed by atoms with Crippen molar-refractivity contribution in [3.63, 3.8) is 0 Å². The SMILES string of the molecule is CS(=O)(=O)Nn1c2cnccc2c2ccc(Cl)cc21.O=C(O)C(F)(F)F. The van der Waals surface area contributed by atoms with Gasteiger partial charge in [0.15, 0.2) is 0 Å². The van der Waals surface area contributed by atoms with Crippen molar-refractivity contribution in [1.82, 2.24) is 9.66 Å². The molecular formula is C14H11ClF3N3O4S. The molecule has 26 heavy (non-hydrogen) atoms. The van der Waals surface area contributed by atoms with Gasteiger partial charge in [0.25, 0.3) is 0 Å². The van der Waals surface area contributed by atoms with Crippen molar-refractivity contribution in [2.45, 2.75) is 6.18 Å². The van der Waals surface area contributed by atoms with Crippen LogP contribution in [-0.2, 0) is 14.8 Å². The number of fused-ring (bicyclic) bond motifs is 3. The number of hydrogen-bond acceptors (Lipinski definition) is 4. The van der Waals surface area contributed by atoms with Gasteiger partial charge in [-0.2, -0.15) is 13.2 Å². The van der Waals surface area contributed by atoms with Crippen LogP contribution in [0.1, 0.15) is 0 Å². The second-order valence-electron chi connectivity index (χ2n) is 5.06. The van der Waals surface area contributed by atoms with Crippen LogP contribution in [0.5, 0.6) is 0 Å². The highest BCUT2D eigenvalue weighted by Crippen LogP contribution is 2.29. The van der Waals surface area contributed by atoms with Crippen LogP contribution >= 0.6 is 11.6 Å². The van der Waals surface area contributed by atoms with Gasteiger partial charge < -0.3 is 5.11 Å². The molecule has 3 rings (SSSR count). The molecule has 0 atom stereocenters. The third-order valence-electron chi connectivity index (χ3n) is 3.03. The van der Waals surface area contributed by atoms with E-state index in [0.717, 1.165) is 17.0 Å². The number of rotatable bonds is 2. The van der Waals surface area contributed by atoms with Gasteiger partial charge in [0.2, 0.25) is 10.0 Å². The summed E-state index contributed by atoms with van der Waals surface area (Å²) in [6.07, 6.45) is -0.700. The molecule has 0 saturated carbocycles. The summed E-state index contributed by atoms with van der Waals surface area (Å²) in [5, 5.41) is 9.50. The van der Waals surface area contributed by atoms with Crippen LogP contribution in [-0.4, -0.2) is 41.6 Å². The number of hydrogen-bond donors (Lipinski definition) is 2. The molecule has 2 N–H and O–H groups in total. The molecule has 2 aromatic heterocycles. The fraction of sp³-hybridized carbons (Fsp3) is 0.143. The molecule has 0 unspecified atom stereocenters. The lowest BCUT2D eigenvalue weighted by atomic mass is 10.2. The van der Waals surface area contributed by atoms with Crippen LogP contribution in [0, 0.1) is 0 Å². The molecule has 1 aromatic carbocycles. The van der Waals surface area contributed by atoms with E-state index >= 15 is 0 Å². The lowest BCUT2D eigenvalue weighted by molar-refractivity contribution is -0.192. The molecule has 2 heterocycles. The second-order valence-corrected chi connectivity index (χ2v) is 7.22. The third-order valence-corrected chi connectivity index (χ3v) is 3.78. The summed E-state index contributed by atoms with van der Waals surface area (Å²) in [5.41, 5.74) is 1.38. The van der Waals surface area contributed by atoms with E-state index in [4.69, 9.17) is 21.5 Å². The molecular weight excluding hydrogens is 399 g/mol. The molecule has 0 bridgehead atoms. The van der Waals surface area contributed by atoms with Crippen molar-refractivity contribution in [2.75, 3.05) is 11.1 Å². The van der Waals surface area contributed by atoms with Crippen LogP contribution in [0.25, 0.3) is 21.8 Å². The Hall–Kier alpha value is -2.53. The minimum absolute atomic E-state index is 0.541. The Kier molecular flexibility index (Phi) is 5.33. The molecule has 0 saturated heterocycles. The first-order valence-electron chi connectivity index (χ1n) is 6.72. The zero-order valence-corrected chi connectivity index (χ0v) is 14.5. The van der Waals surface area contributed by atoms with Gasteiger partial charge >= 0.3 is 12.1 Å². The fourth-order valence-electron chi connectivity index (χ4n) is 2.10. The van der Waals surface area contributed by atoms with Gasteiger partial charge in [0.05, 0.1) is 23.5 Å². The maximum absolute atomic E-state index is 11.5. The number of sulfonamides is 1. The molecule has 0 fully saturated rings. The maximum atomic E-state index is 11.5. The monoisotopic (exact) mass is 409 g/mol. The number of alkyl halides is 3. The highest BCUT2D eigenvalue weighted by molar-refractivity contribution is 7.91. The van der Waals surface area contributed by atoms with E-state index in [0.29, 0.717) is 16.1 Å². The van der Waals surface area contributed by atoms with Crippen molar-refractivity contribution in [3.8, 4) is 0 Å². The predicted octanol–water partition coefficient (Wildman–Crippen LogP) is 2.98. The zero-order chi connectivity index (χ0) is 19.7. The van der Waals surface area contributed by atoms with Gasteiger partial charge in [-0.25, -0.2) is 22.7 Å². The largest absolute Gasteiger partial charge is 0.490 e. The second kappa shape index (κ2) is 7.00. The Bertz CT molecular complexity index is 1080. The first kappa shape index (κ1) is 19.8. The van der Waals surface area contributed by atoms with Crippen molar-refractivity contribution in [1.29, 1.82) is 0 Å². The standard InChI is InChI=1S/C12H10ClN3O2S.C2HF3O2/c1-19(17,18)15-16-11-6-8(13)2-3-9(11)10-4-5-14-7-12(10)16;3-2(4,5)1(6)7/h2-7,15H,1H3;(H,6,7). The number of nitrogens with zero attached hydrogens (tertiary/aromatic N) is 2. The maximum Gasteiger partial charge on any atom is 0.490 e. The van der Waals surface area contributed by atoms with Crippen LogP contribution in [0.4, 0.5) is 13.2 Å². The van der Waals surface area contributed by atoms with Gasteiger partial charge in [-0.15, -0.1) is 0 Å². The molecule has 0 aliphatic heterocycles. The number of pyridine rings is 1. The van der Waals surface area contributed by atoms with Crippen molar-refractivity contribution in [2.24, 2.45) is 0 Å². The number of benzene rings is 1. The Morgan fingerprint density at radius 1 is 1.23 bits per heavy atom. The Labute approximate surface area is 150 Å².